The summed E-state index contributed by atoms with van der Waals surface area (Å²) in [5, 5.41) is 7.18. The third-order valence-electron chi connectivity index (χ3n) is 8.30. The fourth-order valence-corrected chi connectivity index (χ4v) is 6.69. The second-order valence-electron chi connectivity index (χ2n) is 13.2. The van der Waals surface area contributed by atoms with E-state index >= 15 is 0 Å². The van der Waals surface area contributed by atoms with Crippen molar-refractivity contribution in [1.29, 1.82) is 0 Å². The van der Waals surface area contributed by atoms with Crippen LogP contribution in [0.2, 0.25) is 0 Å². The van der Waals surface area contributed by atoms with E-state index < -0.39 is 32.7 Å². The van der Waals surface area contributed by atoms with E-state index in [1.54, 1.807) is 36.3 Å². The third kappa shape index (κ3) is 7.96. The summed E-state index contributed by atoms with van der Waals surface area (Å²) in [6.45, 7) is 8.06. The SMILES string of the molecule is CCc1c(N2CCN(C(=O)OC(C)(C)C)CC2)c(=O)n2nc(C3=CCCCCC3)cc2n1CC(=O)Nc1ccc(S(F)(F)(F)(F)F)cc1. The van der Waals surface area contributed by atoms with Crippen molar-refractivity contribution in [3.63, 3.8) is 0 Å². The van der Waals surface area contributed by atoms with Gasteiger partial charge in [-0.2, -0.15) is 9.61 Å². The lowest BCUT2D eigenvalue weighted by atomic mass is 10.1. The molecule has 2 aliphatic rings. The molecule has 3 heterocycles. The van der Waals surface area contributed by atoms with Gasteiger partial charge >= 0.3 is 16.3 Å². The van der Waals surface area contributed by atoms with Crippen LogP contribution in [0.15, 0.2) is 46.1 Å². The first-order valence-electron chi connectivity index (χ1n) is 16.0. The van der Waals surface area contributed by atoms with Gasteiger partial charge in [-0.05, 0) is 82.7 Å². The minimum atomic E-state index is -9.87. The zero-order valence-electron chi connectivity index (χ0n) is 27.4. The maximum Gasteiger partial charge on any atom is 0.410 e. The number of aromatic nitrogens is 3. The Bertz CT molecular complexity index is 1810. The molecule has 0 unspecified atom stereocenters. The number of fused-ring (bicyclic) bond motifs is 1. The van der Waals surface area contributed by atoms with E-state index in [1.807, 2.05) is 11.8 Å². The summed E-state index contributed by atoms with van der Waals surface area (Å²) < 4.78 is 74.5. The lowest BCUT2D eigenvalue weighted by Crippen LogP contribution is -2.51. The topological polar surface area (TPSA) is 101 Å². The summed E-state index contributed by atoms with van der Waals surface area (Å²) in [4.78, 5) is 41.6. The van der Waals surface area contributed by atoms with Gasteiger partial charge in [0, 0.05) is 43.6 Å². The van der Waals surface area contributed by atoms with Gasteiger partial charge in [0.05, 0.1) is 5.69 Å². The van der Waals surface area contributed by atoms with Crippen LogP contribution in [0.5, 0.6) is 0 Å². The maximum absolute atomic E-state index is 14.1. The maximum atomic E-state index is 14.1. The predicted octanol–water partition coefficient (Wildman–Crippen LogP) is 7.76. The van der Waals surface area contributed by atoms with E-state index in [4.69, 9.17) is 4.74 Å². The summed E-state index contributed by atoms with van der Waals surface area (Å²) in [6, 6.07) is 3.80. The Morgan fingerprint density at radius 1 is 0.979 bits per heavy atom. The largest absolute Gasteiger partial charge is 0.444 e. The second kappa shape index (κ2) is 12.1. The van der Waals surface area contributed by atoms with Crippen LogP contribution in [-0.2, 0) is 22.5 Å². The first-order chi connectivity index (χ1) is 22.2. The number of carbonyl (C=O) groups is 2. The van der Waals surface area contributed by atoms with E-state index in [2.05, 4.69) is 16.5 Å². The molecule has 5 rings (SSSR count). The van der Waals surface area contributed by atoms with Crippen molar-refractivity contribution in [3.05, 3.63) is 58.1 Å². The van der Waals surface area contributed by atoms with Crippen LogP contribution in [0, 0.1) is 0 Å². The first kappa shape index (κ1) is 35.2. The number of nitrogens with zero attached hydrogens (tertiary/aromatic N) is 5. The van der Waals surface area contributed by atoms with E-state index in [1.165, 1.54) is 4.52 Å². The highest BCUT2D eigenvalue weighted by Gasteiger charge is 2.65. The molecule has 1 aliphatic carbocycles. The number of ether oxygens (including phenoxy) is 1. The van der Waals surface area contributed by atoms with Crippen LogP contribution >= 0.6 is 10.2 Å². The highest BCUT2D eigenvalue weighted by Crippen LogP contribution is 3.02. The normalized spacial score (nSPS) is 17.7. The molecule has 1 saturated heterocycles. The first-order valence-corrected chi connectivity index (χ1v) is 17.9. The number of hydrogen-bond donors (Lipinski definition) is 1. The van der Waals surface area contributed by atoms with E-state index in [0.717, 1.165) is 49.8 Å². The molecule has 0 spiro atoms. The van der Waals surface area contributed by atoms with Gasteiger partial charge in [0.25, 0.3) is 5.56 Å². The van der Waals surface area contributed by atoms with Crippen molar-refractivity contribution in [3.8, 4) is 0 Å². The van der Waals surface area contributed by atoms with Gasteiger partial charge in [-0.3, -0.25) is 9.59 Å². The summed E-state index contributed by atoms with van der Waals surface area (Å²) >= 11 is 0. The van der Waals surface area contributed by atoms with Gasteiger partial charge in [0.2, 0.25) is 5.91 Å². The highest BCUT2D eigenvalue weighted by atomic mass is 32.5. The monoisotopic (exact) mass is 700 g/mol. The second-order valence-corrected chi connectivity index (χ2v) is 15.6. The van der Waals surface area contributed by atoms with Crippen molar-refractivity contribution in [2.24, 2.45) is 0 Å². The van der Waals surface area contributed by atoms with Crippen molar-refractivity contribution < 1.29 is 33.8 Å². The number of piperazine rings is 1. The van der Waals surface area contributed by atoms with Crippen molar-refractivity contribution in [2.45, 2.75) is 83.3 Å². The molecule has 16 heteroatoms. The summed E-state index contributed by atoms with van der Waals surface area (Å²) in [5.41, 5.74) is 1.69. The minimum Gasteiger partial charge on any atom is -0.444 e. The van der Waals surface area contributed by atoms with Gasteiger partial charge in [-0.15, -0.1) is 0 Å². The Morgan fingerprint density at radius 2 is 1.65 bits per heavy atom. The Kier molecular flexibility index (Phi) is 8.89. The number of nitrogens with one attached hydrogen (secondary N) is 1. The van der Waals surface area contributed by atoms with Crippen molar-refractivity contribution in [2.75, 3.05) is 36.4 Å². The average molecular weight is 701 g/mol. The molecule has 0 radical (unpaired) electrons. The van der Waals surface area contributed by atoms with Gasteiger partial charge in [-0.1, -0.05) is 38.8 Å². The molecule has 2 amide bonds. The Hall–Kier alpha value is -4.08. The fraction of sp³-hybridized carbons (Fsp3) is 0.500. The molecule has 1 aromatic carbocycles. The standard InChI is InChI=1S/C32H41F5N6O4S/c1-5-26-29(40-16-18-41(19-17-40)31(46)47-32(2,3)4)30(45)43-28(20-25(39-43)22-10-8-6-7-9-11-22)42(26)21-27(44)38-23-12-14-24(15-13-23)48(33,34,35,36)37/h10,12-15,20H,5-9,11,16-19,21H2,1-4H3,(H,38,44). The van der Waals surface area contributed by atoms with E-state index in [-0.39, 0.29) is 29.9 Å². The molecular weight excluding hydrogens is 659 g/mol. The van der Waals surface area contributed by atoms with Gasteiger partial charge in [-0.25, -0.2) is 4.79 Å². The predicted molar refractivity (Wildman–Crippen MR) is 176 cm³/mol. The summed E-state index contributed by atoms with van der Waals surface area (Å²) in [5.74, 6) is -0.646. The lowest BCUT2D eigenvalue weighted by molar-refractivity contribution is -0.116. The Morgan fingerprint density at radius 3 is 2.25 bits per heavy atom. The van der Waals surface area contributed by atoms with E-state index in [9.17, 15) is 33.8 Å². The lowest BCUT2D eigenvalue weighted by Gasteiger charge is -2.40. The van der Waals surface area contributed by atoms with Crippen LogP contribution in [0.1, 0.15) is 71.2 Å². The molecule has 1 N–H and O–H groups in total. The van der Waals surface area contributed by atoms with Crippen molar-refractivity contribution >= 4 is 44.8 Å². The number of anilines is 2. The minimum absolute atomic E-state index is 0.1000. The van der Waals surface area contributed by atoms with Gasteiger partial charge in [0.15, 0.2) is 0 Å². The van der Waals surface area contributed by atoms with Gasteiger partial charge < -0.3 is 24.4 Å². The molecule has 264 valence electrons. The molecule has 1 fully saturated rings. The van der Waals surface area contributed by atoms with Crippen LogP contribution in [-0.4, -0.2) is 62.9 Å². The van der Waals surface area contributed by atoms with Crippen LogP contribution in [0.25, 0.3) is 11.2 Å². The quantitative estimate of drug-likeness (QED) is 0.253. The molecule has 1 aliphatic heterocycles. The fourth-order valence-electron chi connectivity index (χ4n) is 6.04. The number of carbonyl (C=O) groups excluding carboxylic acids is 2. The van der Waals surface area contributed by atoms with Crippen molar-refractivity contribution in [1.82, 2.24) is 19.1 Å². The third-order valence-corrected chi connectivity index (χ3v) is 9.46. The molecular formula is C32H41F5N6O4S. The summed E-state index contributed by atoms with van der Waals surface area (Å²) in [7, 11) is -9.87. The molecule has 10 nitrogen and oxygen atoms in total. The molecule has 2 aromatic heterocycles. The summed E-state index contributed by atoms with van der Waals surface area (Å²) in [6.07, 6.45) is 6.75. The molecule has 3 aromatic rings. The number of halogens is 5. The van der Waals surface area contributed by atoms with Crippen LogP contribution in [0.4, 0.5) is 35.6 Å². The smallest absolute Gasteiger partial charge is 0.410 e. The number of rotatable bonds is 7. The number of allylic oxidation sites excluding steroid dienone is 2. The number of hydrogen-bond acceptors (Lipinski definition) is 6. The van der Waals surface area contributed by atoms with E-state index in [0.29, 0.717) is 55.3 Å². The number of benzene rings is 1. The number of amides is 2. The Balaban J connectivity index is 1.50. The van der Waals surface area contributed by atoms with Crippen LogP contribution < -0.4 is 15.8 Å². The average Bonchev–Trinajstić information content (AvgIpc) is 3.25. The zero-order valence-corrected chi connectivity index (χ0v) is 28.2. The molecule has 0 atom stereocenters. The molecule has 0 saturated carbocycles. The van der Waals surface area contributed by atoms with Gasteiger partial charge in [0.1, 0.15) is 28.4 Å². The Labute approximate surface area is 275 Å². The zero-order chi connectivity index (χ0) is 35.1. The molecule has 48 heavy (non-hydrogen) atoms. The van der Waals surface area contributed by atoms with Crippen LogP contribution in [0.3, 0.4) is 0 Å². The molecule has 0 bridgehead atoms. The highest BCUT2D eigenvalue weighted by molar-refractivity contribution is 8.45.